The number of amides is 1. The van der Waals surface area contributed by atoms with Gasteiger partial charge in [0.1, 0.15) is 5.41 Å². The van der Waals surface area contributed by atoms with E-state index in [-0.39, 0.29) is 11.7 Å². The zero-order valence-corrected chi connectivity index (χ0v) is 13.0. The van der Waals surface area contributed by atoms with Gasteiger partial charge in [0.05, 0.1) is 5.02 Å². The molecular weight excluding hydrogens is 346 g/mol. The maximum absolute atomic E-state index is 12.5. The molecule has 0 aliphatic heterocycles. The lowest BCUT2D eigenvalue weighted by Crippen LogP contribution is -2.45. The first kappa shape index (κ1) is 15.1. The highest BCUT2D eigenvalue weighted by atomic mass is 79.9. The first-order valence-electron chi connectivity index (χ1n) is 6.24. The van der Waals surface area contributed by atoms with E-state index in [2.05, 4.69) is 26.4 Å². The fourth-order valence-electron chi connectivity index (χ4n) is 2.50. The van der Waals surface area contributed by atoms with E-state index in [0.717, 1.165) is 12.8 Å². The summed E-state index contributed by atoms with van der Waals surface area (Å²) in [5.41, 5.74) is 5.43. The summed E-state index contributed by atoms with van der Waals surface area (Å²) < 4.78 is 0.696. The Kier molecular flexibility index (Phi) is 4.55. The first-order valence-corrected chi connectivity index (χ1v) is 7.41. The van der Waals surface area contributed by atoms with Crippen LogP contribution in [0.3, 0.4) is 0 Å². The minimum Gasteiger partial charge on any atom is -0.409 e. The average Bonchev–Trinajstić information content (AvgIpc) is 2.93. The summed E-state index contributed by atoms with van der Waals surface area (Å²) in [6, 6.07) is 5.11. The maximum atomic E-state index is 12.5. The zero-order valence-electron chi connectivity index (χ0n) is 10.7. The fourth-order valence-corrected chi connectivity index (χ4v) is 2.99. The Morgan fingerprint density at radius 3 is 2.65 bits per heavy atom. The molecule has 0 heterocycles. The number of carbonyl (C=O) groups excluding carboxylic acids is 1. The molecule has 5 nitrogen and oxygen atoms in total. The number of halogens is 2. The second kappa shape index (κ2) is 6.01. The highest BCUT2D eigenvalue weighted by molar-refractivity contribution is 9.10. The second-order valence-corrected chi connectivity index (χ2v) is 6.12. The molecule has 4 N–H and O–H groups in total. The summed E-state index contributed by atoms with van der Waals surface area (Å²) in [6.07, 6.45) is 2.94. The monoisotopic (exact) mass is 359 g/mol. The number of nitrogens with two attached hydrogens (primary N) is 1. The SMILES string of the molecule is N/C(=N/O)C1(C(=O)Nc2ccc(Cl)c(Br)c2)CCCC1. The number of rotatable bonds is 3. The molecule has 0 atom stereocenters. The molecule has 1 aliphatic carbocycles. The fraction of sp³-hybridized carbons (Fsp3) is 0.385. The molecule has 0 radical (unpaired) electrons. The van der Waals surface area contributed by atoms with Crippen LogP contribution >= 0.6 is 27.5 Å². The van der Waals surface area contributed by atoms with E-state index >= 15 is 0 Å². The van der Waals surface area contributed by atoms with Crippen molar-refractivity contribution in [3.63, 3.8) is 0 Å². The Morgan fingerprint density at radius 1 is 1.45 bits per heavy atom. The van der Waals surface area contributed by atoms with Crippen molar-refractivity contribution in [2.75, 3.05) is 5.32 Å². The highest BCUT2D eigenvalue weighted by Crippen LogP contribution is 2.39. The summed E-state index contributed by atoms with van der Waals surface area (Å²) in [5, 5.41) is 15.3. The van der Waals surface area contributed by atoms with Gasteiger partial charge in [-0.05, 0) is 47.0 Å². The van der Waals surface area contributed by atoms with E-state index in [1.54, 1.807) is 18.2 Å². The lowest BCUT2D eigenvalue weighted by atomic mass is 9.83. The number of hydrogen-bond donors (Lipinski definition) is 3. The lowest BCUT2D eigenvalue weighted by Gasteiger charge is -2.26. The number of carbonyl (C=O) groups is 1. The number of nitrogens with one attached hydrogen (secondary N) is 1. The lowest BCUT2D eigenvalue weighted by molar-refractivity contribution is -0.122. The Balaban J connectivity index is 2.23. The summed E-state index contributed by atoms with van der Waals surface area (Å²) >= 11 is 9.22. The molecule has 2 rings (SSSR count). The van der Waals surface area contributed by atoms with E-state index in [0.29, 0.717) is 28.0 Å². The van der Waals surface area contributed by atoms with Gasteiger partial charge in [-0.15, -0.1) is 0 Å². The van der Waals surface area contributed by atoms with Crippen LogP contribution in [0.25, 0.3) is 0 Å². The number of benzene rings is 1. The summed E-state index contributed by atoms with van der Waals surface area (Å²) in [5.74, 6) is -0.278. The van der Waals surface area contributed by atoms with Crippen molar-refractivity contribution >= 4 is 45.0 Å². The first-order chi connectivity index (χ1) is 9.49. The Bertz CT molecular complexity index is 557. The van der Waals surface area contributed by atoms with E-state index < -0.39 is 5.41 Å². The summed E-state index contributed by atoms with van der Waals surface area (Å²) in [4.78, 5) is 12.5. The molecule has 1 amide bonds. The number of hydrogen-bond acceptors (Lipinski definition) is 3. The topological polar surface area (TPSA) is 87.7 Å². The minimum atomic E-state index is -0.916. The molecule has 20 heavy (non-hydrogen) atoms. The molecule has 0 aromatic heterocycles. The van der Waals surface area contributed by atoms with Gasteiger partial charge in [-0.1, -0.05) is 29.6 Å². The third-order valence-corrected chi connectivity index (χ3v) is 4.88. The van der Waals surface area contributed by atoms with Gasteiger partial charge >= 0.3 is 0 Å². The highest BCUT2D eigenvalue weighted by Gasteiger charge is 2.45. The van der Waals surface area contributed by atoms with Crippen molar-refractivity contribution in [1.82, 2.24) is 0 Å². The van der Waals surface area contributed by atoms with Gasteiger partial charge in [0.25, 0.3) is 0 Å². The van der Waals surface area contributed by atoms with Crippen LogP contribution in [0.2, 0.25) is 5.02 Å². The smallest absolute Gasteiger partial charge is 0.238 e. The van der Waals surface area contributed by atoms with Crippen LogP contribution < -0.4 is 11.1 Å². The minimum absolute atomic E-state index is 0.0273. The van der Waals surface area contributed by atoms with E-state index in [1.165, 1.54) is 0 Å². The molecule has 7 heteroatoms. The van der Waals surface area contributed by atoms with Gasteiger partial charge in [-0.25, -0.2) is 0 Å². The van der Waals surface area contributed by atoms with Crippen LogP contribution in [0.15, 0.2) is 27.8 Å². The van der Waals surface area contributed by atoms with Crippen LogP contribution in [0.1, 0.15) is 25.7 Å². The van der Waals surface area contributed by atoms with Gasteiger partial charge in [0.2, 0.25) is 5.91 Å². The van der Waals surface area contributed by atoms with E-state index in [4.69, 9.17) is 22.5 Å². The quantitative estimate of drug-likeness (QED) is 0.334. The van der Waals surface area contributed by atoms with Crippen molar-refractivity contribution in [1.29, 1.82) is 0 Å². The van der Waals surface area contributed by atoms with Crippen LogP contribution in [0.5, 0.6) is 0 Å². The van der Waals surface area contributed by atoms with Crippen molar-refractivity contribution < 1.29 is 10.0 Å². The van der Waals surface area contributed by atoms with Crippen LogP contribution in [0, 0.1) is 5.41 Å². The second-order valence-electron chi connectivity index (χ2n) is 4.86. The molecule has 1 aliphatic rings. The predicted molar refractivity (Wildman–Crippen MR) is 82.1 cm³/mol. The van der Waals surface area contributed by atoms with Crippen molar-refractivity contribution in [2.45, 2.75) is 25.7 Å². The molecule has 1 saturated carbocycles. The summed E-state index contributed by atoms with van der Waals surface area (Å²) in [6.45, 7) is 0. The van der Waals surface area contributed by atoms with Gasteiger partial charge in [-0.2, -0.15) is 0 Å². The Morgan fingerprint density at radius 2 is 2.10 bits per heavy atom. The number of anilines is 1. The Labute approximate surface area is 130 Å². The van der Waals surface area contributed by atoms with Crippen molar-refractivity contribution in [3.8, 4) is 0 Å². The largest absolute Gasteiger partial charge is 0.409 e. The predicted octanol–water partition coefficient (Wildman–Crippen LogP) is 3.35. The molecule has 1 aromatic rings. The van der Waals surface area contributed by atoms with Gasteiger partial charge in [0.15, 0.2) is 5.84 Å². The van der Waals surface area contributed by atoms with Crippen LogP contribution in [0.4, 0.5) is 5.69 Å². The molecule has 0 saturated heterocycles. The molecule has 0 bridgehead atoms. The molecular formula is C13H15BrClN3O2. The number of nitrogens with zero attached hydrogens (tertiary/aromatic N) is 1. The number of amidine groups is 1. The maximum Gasteiger partial charge on any atom is 0.238 e. The molecule has 0 spiro atoms. The van der Waals surface area contributed by atoms with Crippen molar-refractivity contribution in [3.05, 3.63) is 27.7 Å². The normalized spacial score (nSPS) is 18.0. The average molecular weight is 361 g/mol. The van der Waals surface area contributed by atoms with Gasteiger partial charge in [-0.3, -0.25) is 4.79 Å². The van der Waals surface area contributed by atoms with Crippen molar-refractivity contribution in [2.24, 2.45) is 16.3 Å². The van der Waals surface area contributed by atoms with Gasteiger partial charge < -0.3 is 16.3 Å². The molecule has 0 unspecified atom stereocenters. The standard InChI is InChI=1S/C13H15BrClN3O2/c14-9-7-8(3-4-10(9)15)17-12(19)13(11(16)18-20)5-1-2-6-13/h3-4,7,20H,1-2,5-6H2,(H2,16,18)(H,17,19). The van der Waals surface area contributed by atoms with Crippen LogP contribution in [-0.2, 0) is 4.79 Å². The zero-order chi connectivity index (χ0) is 14.8. The third-order valence-electron chi connectivity index (χ3n) is 3.67. The third kappa shape index (κ3) is 2.76. The van der Waals surface area contributed by atoms with E-state index in [1.807, 2.05) is 0 Å². The van der Waals surface area contributed by atoms with Gasteiger partial charge in [0, 0.05) is 10.2 Å². The molecule has 108 valence electrons. The molecule has 1 fully saturated rings. The molecule has 1 aromatic carbocycles. The van der Waals surface area contributed by atoms with Crippen LogP contribution in [-0.4, -0.2) is 17.0 Å². The number of oxime groups is 1. The van der Waals surface area contributed by atoms with E-state index in [9.17, 15) is 4.79 Å². The Hall–Kier alpha value is -1.27. The summed E-state index contributed by atoms with van der Waals surface area (Å²) in [7, 11) is 0.